The summed E-state index contributed by atoms with van der Waals surface area (Å²) >= 11 is 7.96. The molecule has 5 aromatic rings. The molecule has 2 aliphatic heterocycles. The molecule has 0 unspecified atom stereocenters. The van der Waals surface area contributed by atoms with Gasteiger partial charge in [-0.2, -0.15) is 0 Å². The number of nitrogens with one attached hydrogen (secondary N) is 2. The fraction of sp³-hybridized carbons (Fsp3) is 0.286. The summed E-state index contributed by atoms with van der Waals surface area (Å²) in [7, 11) is 0. The summed E-state index contributed by atoms with van der Waals surface area (Å²) in [6, 6.07) is 20.4. The maximum Gasteiger partial charge on any atom is 0.131 e. The monoisotopic (exact) mass is 1010 g/mol. The van der Waals surface area contributed by atoms with Gasteiger partial charge in [-0.3, -0.25) is 0 Å². The molecule has 2 aliphatic rings. The zero-order chi connectivity index (χ0) is 46.1. The van der Waals surface area contributed by atoms with E-state index in [1.54, 1.807) is 0 Å². The molecule has 8 bridgehead atoms. The van der Waals surface area contributed by atoms with Crippen molar-refractivity contribution in [2.24, 2.45) is 0 Å². The first-order chi connectivity index (χ1) is 32.4. The van der Waals surface area contributed by atoms with E-state index in [9.17, 15) is 0 Å². The van der Waals surface area contributed by atoms with Crippen LogP contribution in [0.15, 0.2) is 120 Å². The number of hydrogen-bond donors (Lipinski definition) is 2. The number of aromatic nitrogens is 4. The highest BCUT2D eigenvalue weighted by molar-refractivity contribution is 9.11. The van der Waals surface area contributed by atoms with Gasteiger partial charge in [0.2, 0.25) is 0 Å². The van der Waals surface area contributed by atoms with Crippen LogP contribution < -0.4 is 18.9 Å². The Kier molecular flexibility index (Phi) is 17.9. The zero-order valence-corrected chi connectivity index (χ0v) is 41.0. The Labute approximate surface area is 406 Å². The molecule has 0 saturated carbocycles. The van der Waals surface area contributed by atoms with Gasteiger partial charge < -0.3 is 28.9 Å². The van der Waals surface area contributed by atoms with E-state index in [1.807, 2.05) is 72.9 Å². The Balaban J connectivity index is 1.45. The molecule has 66 heavy (non-hydrogen) atoms. The molecule has 0 radical (unpaired) electrons. The van der Waals surface area contributed by atoms with Gasteiger partial charge in [0.1, 0.15) is 23.0 Å². The summed E-state index contributed by atoms with van der Waals surface area (Å²) in [5.74, 6) is 2.92. The van der Waals surface area contributed by atoms with Crippen LogP contribution in [-0.2, 0) is 0 Å². The fourth-order valence-electron chi connectivity index (χ4n) is 7.95. The molecule has 0 saturated heterocycles. The molecule has 7 rings (SSSR count). The van der Waals surface area contributed by atoms with Crippen molar-refractivity contribution in [2.75, 3.05) is 26.4 Å². The minimum absolute atomic E-state index is 0.556. The number of rotatable bonds is 26. The fourth-order valence-corrected chi connectivity index (χ4v) is 8.85. The number of unbranched alkanes of at least 4 members (excludes halogenated alkanes) is 8. The van der Waals surface area contributed by atoms with Crippen LogP contribution >= 0.6 is 31.9 Å². The van der Waals surface area contributed by atoms with Crippen molar-refractivity contribution < 1.29 is 18.9 Å². The summed E-state index contributed by atoms with van der Waals surface area (Å²) in [5, 5.41) is 0. The minimum atomic E-state index is 0.556. The molecular formula is C56H60Br2N4O4. The minimum Gasteiger partial charge on any atom is -0.493 e. The van der Waals surface area contributed by atoms with Crippen LogP contribution in [0.3, 0.4) is 0 Å². The lowest BCUT2D eigenvalue weighted by molar-refractivity contribution is 0.294. The number of nitrogens with zero attached hydrogens (tertiary/aromatic N) is 2. The molecule has 0 atom stereocenters. The number of benzene rings is 2. The number of allylic oxidation sites excluding steroid dienone is 4. The van der Waals surface area contributed by atoms with Crippen LogP contribution in [0.5, 0.6) is 23.0 Å². The van der Waals surface area contributed by atoms with Crippen molar-refractivity contribution in [3.8, 4) is 45.3 Å². The van der Waals surface area contributed by atoms with Gasteiger partial charge in [0.15, 0.2) is 0 Å². The molecule has 0 aliphatic carbocycles. The summed E-state index contributed by atoms with van der Waals surface area (Å²) in [6.07, 6.45) is 27.3. The number of fused-ring (bicyclic) bond motifs is 8. The van der Waals surface area contributed by atoms with Crippen LogP contribution in [0, 0.1) is 0 Å². The van der Waals surface area contributed by atoms with Crippen LogP contribution in [0.4, 0.5) is 0 Å². The predicted octanol–water partition coefficient (Wildman–Crippen LogP) is 16.5. The average molecular weight is 1010 g/mol. The first kappa shape index (κ1) is 48.1. The van der Waals surface area contributed by atoms with Crippen LogP contribution in [0.25, 0.3) is 68.6 Å². The molecule has 3 aromatic heterocycles. The van der Waals surface area contributed by atoms with Gasteiger partial charge in [0.05, 0.1) is 80.3 Å². The highest BCUT2D eigenvalue weighted by Gasteiger charge is 2.24. The van der Waals surface area contributed by atoms with E-state index in [-0.39, 0.29) is 0 Å². The van der Waals surface area contributed by atoms with Gasteiger partial charge in [-0.15, -0.1) is 26.3 Å². The summed E-state index contributed by atoms with van der Waals surface area (Å²) < 4.78 is 28.1. The second-order valence-electron chi connectivity index (χ2n) is 16.2. The zero-order valence-electron chi connectivity index (χ0n) is 37.8. The van der Waals surface area contributed by atoms with Gasteiger partial charge in [-0.05, 0) is 182 Å². The van der Waals surface area contributed by atoms with E-state index in [0.29, 0.717) is 26.4 Å². The highest BCUT2D eigenvalue weighted by Crippen LogP contribution is 2.46. The maximum absolute atomic E-state index is 6.62. The smallest absolute Gasteiger partial charge is 0.131 e. The lowest BCUT2D eigenvalue weighted by Gasteiger charge is -2.17. The topological polar surface area (TPSA) is 94.3 Å². The van der Waals surface area contributed by atoms with Gasteiger partial charge in [-0.25, -0.2) is 9.97 Å². The van der Waals surface area contributed by atoms with E-state index in [1.165, 1.54) is 0 Å². The number of H-pyrrole nitrogens is 2. The molecular weight excluding hydrogens is 952 g/mol. The summed E-state index contributed by atoms with van der Waals surface area (Å²) in [6.45, 7) is 17.8. The van der Waals surface area contributed by atoms with Gasteiger partial charge in [0, 0.05) is 22.2 Å². The van der Waals surface area contributed by atoms with Crippen molar-refractivity contribution in [1.82, 2.24) is 19.9 Å². The van der Waals surface area contributed by atoms with Gasteiger partial charge in [-0.1, -0.05) is 36.4 Å². The lowest BCUT2D eigenvalue weighted by atomic mass is 10.0. The van der Waals surface area contributed by atoms with Gasteiger partial charge >= 0.3 is 0 Å². The normalized spacial score (nSPS) is 11.7. The number of hydrogen-bond acceptors (Lipinski definition) is 6. The lowest BCUT2D eigenvalue weighted by Crippen LogP contribution is -2.03. The Morgan fingerprint density at radius 2 is 0.697 bits per heavy atom. The molecule has 0 spiro atoms. The third-order valence-corrected chi connectivity index (χ3v) is 13.0. The third kappa shape index (κ3) is 11.9. The Morgan fingerprint density at radius 1 is 0.394 bits per heavy atom. The number of halogens is 2. The van der Waals surface area contributed by atoms with E-state index in [4.69, 9.17) is 28.9 Å². The van der Waals surface area contributed by atoms with Crippen molar-refractivity contribution in [1.29, 1.82) is 0 Å². The molecule has 2 N–H and O–H groups in total. The quantitative estimate of drug-likeness (QED) is 0.0415. The molecule has 2 aromatic carbocycles. The second kappa shape index (κ2) is 24.6. The SMILES string of the molecule is C=CCCCCOc1cccc(OCCCCC=C)c1-c1c2nc(c(Br)c3ccc([nH]3)c(-c3c(OCCCCC=C)cccc3OCCCCC=C)c3nc(c(Br)c4ccc1[nH]4)C=C3)C=C2. The molecule has 5 heterocycles. The highest BCUT2D eigenvalue weighted by atomic mass is 79.9. The van der Waals surface area contributed by atoms with Crippen molar-refractivity contribution in [2.45, 2.75) is 77.0 Å². The molecule has 0 fully saturated rings. The Morgan fingerprint density at radius 3 is 1.02 bits per heavy atom. The Hall–Kier alpha value is -5.84. The third-order valence-electron chi connectivity index (χ3n) is 11.3. The van der Waals surface area contributed by atoms with Crippen LogP contribution in [0.1, 0.15) is 99.8 Å². The first-order valence-corrected chi connectivity index (χ1v) is 24.7. The van der Waals surface area contributed by atoms with E-state index < -0.39 is 0 Å². The van der Waals surface area contributed by atoms with E-state index >= 15 is 0 Å². The molecule has 0 amide bonds. The van der Waals surface area contributed by atoms with Crippen molar-refractivity contribution in [3.63, 3.8) is 0 Å². The van der Waals surface area contributed by atoms with Gasteiger partial charge in [0.25, 0.3) is 0 Å². The summed E-state index contributed by atoms with van der Waals surface area (Å²) in [5.41, 5.74) is 9.86. The van der Waals surface area contributed by atoms with E-state index in [0.717, 1.165) is 176 Å². The number of aromatic amines is 2. The molecule has 10 heteroatoms. The van der Waals surface area contributed by atoms with Crippen LogP contribution in [0.2, 0.25) is 0 Å². The second-order valence-corrected chi connectivity index (χ2v) is 17.8. The number of ether oxygens (including phenoxy) is 4. The largest absolute Gasteiger partial charge is 0.493 e. The predicted molar refractivity (Wildman–Crippen MR) is 283 cm³/mol. The maximum atomic E-state index is 6.62. The molecule has 8 nitrogen and oxygen atoms in total. The van der Waals surface area contributed by atoms with E-state index in [2.05, 4.69) is 105 Å². The summed E-state index contributed by atoms with van der Waals surface area (Å²) in [4.78, 5) is 18.2. The molecule has 342 valence electrons. The first-order valence-electron chi connectivity index (χ1n) is 23.1. The standard InChI is InChI=1S/C56H60Br2N4O4/c1-5-9-13-17-35-63-47-23-21-24-48(64-36-18-14-10-6-2)53(47)51-39-27-31-43(59-39)55(57)45-33-29-41(61-45)52(42-30-34-46(62-42)56(58)44-32-28-40(51)60-44)54-49(65-37-19-15-11-7-3)25-22-26-50(54)66-38-20-16-12-8-4/h5-8,21-34,59,62H,1-4,9-20,35-38H2. The Bertz CT molecular complexity index is 2490. The van der Waals surface area contributed by atoms with Crippen molar-refractivity contribution in [3.05, 3.63) is 143 Å². The van der Waals surface area contributed by atoms with Crippen molar-refractivity contribution >= 4 is 78.2 Å². The average Bonchev–Trinajstić information content (AvgIpc) is 4.19. The van der Waals surface area contributed by atoms with Crippen LogP contribution in [-0.4, -0.2) is 46.4 Å².